The number of carbonyl (C=O) groups excluding carboxylic acids is 2. The molecule has 1 atom stereocenters. The van der Waals surface area contributed by atoms with E-state index in [4.69, 9.17) is 4.42 Å². The molecule has 0 spiro atoms. The molecule has 1 saturated heterocycles. The Morgan fingerprint density at radius 1 is 0.966 bits per heavy atom. The van der Waals surface area contributed by atoms with E-state index >= 15 is 0 Å². The molecule has 29 heavy (non-hydrogen) atoms. The average molecular weight is 390 g/mol. The van der Waals surface area contributed by atoms with Crippen molar-refractivity contribution in [2.45, 2.75) is 50.6 Å². The monoisotopic (exact) mass is 390 g/mol. The second kappa shape index (κ2) is 7.44. The van der Waals surface area contributed by atoms with Gasteiger partial charge in [0.1, 0.15) is 5.52 Å². The van der Waals surface area contributed by atoms with Crippen molar-refractivity contribution < 1.29 is 19.3 Å². The van der Waals surface area contributed by atoms with Crippen molar-refractivity contribution in [1.82, 2.24) is 4.98 Å². The van der Waals surface area contributed by atoms with Gasteiger partial charge in [0.15, 0.2) is 11.6 Å². The van der Waals surface area contributed by atoms with Crippen LogP contribution < -0.4 is 10.2 Å². The fourth-order valence-corrected chi connectivity index (χ4v) is 4.48. The van der Waals surface area contributed by atoms with E-state index in [9.17, 15) is 9.59 Å². The van der Waals surface area contributed by atoms with Crippen LogP contribution in [-0.4, -0.2) is 28.9 Å². The number of nitrogens with two attached hydrogens (primary N) is 1. The zero-order chi connectivity index (χ0) is 19.8. The molecular formula is C23H24N3O3+. The van der Waals surface area contributed by atoms with E-state index in [0.29, 0.717) is 17.6 Å². The van der Waals surface area contributed by atoms with Crippen LogP contribution in [0.2, 0.25) is 0 Å². The molecule has 2 aromatic carbocycles. The predicted octanol–water partition coefficient (Wildman–Crippen LogP) is 3.02. The first kappa shape index (κ1) is 18.1. The lowest BCUT2D eigenvalue weighted by Gasteiger charge is -2.22. The van der Waals surface area contributed by atoms with E-state index in [2.05, 4.69) is 10.3 Å². The van der Waals surface area contributed by atoms with Crippen LogP contribution >= 0.6 is 0 Å². The first-order valence-electron chi connectivity index (χ1n) is 10.4. The smallest absolute Gasteiger partial charge is 0.292 e. The van der Waals surface area contributed by atoms with Crippen molar-refractivity contribution in [2.75, 3.05) is 4.90 Å². The maximum Gasteiger partial charge on any atom is 0.292 e. The molecule has 1 aliphatic carbocycles. The molecule has 3 aromatic rings. The normalized spacial score (nSPS) is 20.7. The molecule has 6 nitrogen and oxygen atoms in total. The molecule has 0 bridgehead atoms. The molecule has 0 radical (unpaired) electrons. The van der Waals surface area contributed by atoms with Gasteiger partial charge in [-0.15, -0.1) is 0 Å². The number of carbonyl (C=O) groups is 2. The van der Waals surface area contributed by atoms with Gasteiger partial charge >= 0.3 is 0 Å². The molecule has 148 valence electrons. The van der Waals surface area contributed by atoms with Crippen LogP contribution in [0.3, 0.4) is 0 Å². The minimum atomic E-state index is -0.290. The number of quaternary nitrogens is 1. The summed E-state index contributed by atoms with van der Waals surface area (Å²) >= 11 is 0. The van der Waals surface area contributed by atoms with Gasteiger partial charge in [-0.25, -0.2) is 9.88 Å². The summed E-state index contributed by atoms with van der Waals surface area (Å²) in [5, 5.41) is 2.13. The predicted molar refractivity (Wildman–Crippen MR) is 109 cm³/mol. The van der Waals surface area contributed by atoms with Crippen molar-refractivity contribution >= 4 is 28.6 Å². The largest absolute Gasteiger partial charge is 0.436 e. The molecule has 1 saturated carbocycles. The molecule has 2 fully saturated rings. The van der Waals surface area contributed by atoms with Gasteiger partial charge < -0.3 is 9.73 Å². The summed E-state index contributed by atoms with van der Waals surface area (Å²) in [4.78, 5) is 31.3. The lowest BCUT2D eigenvalue weighted by atomic mass is 9.95. The lowest BCUT2D eigenvalue weighted by molar-refractivity contribution is -0.710. The van der Waals surface area contributed by atoms with Gasteiger partial charge in [0, 0.05) is 5.56 Å². The Hall–Kier alpha value is -2.99. The number of benzene rings is 2. The number of hydrogen-bond donors (Lipinski definition) is 1. The van der Waals surface area contributed by atoms with Gasteiger partial charge in [-0.2, -0.15) is 0 Å². The summed E-state index contributed by atoms with van der Waals surface area (Å²) in [6.45, 7) is 0. The number of imide groups is 1. The molecule has 0 unspecified atom stereocenters. The Labute approximate surface area is 168 Å². The minimum Gasteiger partial charge on any atom is -0.436 e. The third-order valence-electron chi connectivity index (χ3n) is 6.00. The fraction of sp³-hybridized carbons (Fsp3) is 0.348. The van der Waals surface area contributed by atoms with Crippen LogP contribution in [0.1, 0.15) is 38.5 Å². The number of anilines is 1. The van der Waals surface area contributed by atoms with E-state index in [1.807, 2.05) is 36.4 Å². The number of hydrogen-bond acceptors (Lipinski definition) is 4. The van der Waals surface area contributed by atoms with Crippen molar-refractivity contribution in [3.63, 3.8) is 0 Å². The summed E-state index contributed by atoms with van der Waals surface area (Å²) in [5.74, 6) is 0.303. The summed E-state index contributed by atoms with van der Waals surface area (Å²) in [7, 11) is 0. The van der Waals surface area contributed by atoms with Crippen LogP contribution in [0.25, 0.3) is 22.6 Å². The quantitative estimate of drug-likeness (QED) is 0.695. The minimum absolute atomic E-state index is 0.102. The van der Waals surface area contributed by atoms with E-state index in [-0.39, 0.29) is 24.3 Å². The zero-order valence-electron chi connectivity index (χ0n) is 16.2. The summed E-state index contributed by atoms with van der Waals surface area (Å²) < 4.78 is 5.80. The number of oxazole rings is 1. The number of rotatable bonds is 4. The fourth-order valence-electron chi connectivity index (χ4n) is 4.48. The van der Waals surface area contributed by atoms with Crippen molar-refractivity contribution in [3.05, 3.63) is 48.5 Å². The van der Waals surface area contributed by atoms with Crippen molar-refractivity contribution in [1.29, 1.82) is 0 Å². The van der Waals surface area contributed by atoms with Crippen LogP contribution in [0.15, 0.2) is 52.9 Å². The zero-order valence-corrected chi connectivity index (χ0v) is 16.2. The van der Waals surface area contributed by atoms with Crippen LogP contribution in [-0.2, 0) is 9.59 Å². The maximum absolute atomic E-state index is 12.9. The number of para-hydroxylation sites is 2. The molecule has 2 N–H and O–H groups in total. The first-order chi connectivity index (χ1) is 14.2. The Balaban J connectivity index is 1.33. The highest BCUT2D eigenvalue weighted by Crippen LogP contribution is 2.28. The summed E-state index contributed by atoms with van der Waals surface area (Å²) in [6.07, 6.45) is 6.27. The van der Waals surface area contributed by atoms with Gasteiger partial charge in [0.2, 0.25) is 11.8 Å². The Morgan fingerprint density at radius 3 is 2.48 bits per heavy atom. The second-order valence-corrected chi connectivity index (χ2v) is 8.00. The molecule has 1 aromatic heterocycles. The molecule has 6 heteroatoms. The van der Waals surface area contributed by atoms with Crippen LogP contribution in [0.4, 0.5) is 5.69 Å². The van der Waals surface area contributed by atoms with E-state index in [1.165, 1.54) is 24.2 Å². The number of fused-ring (bicyclic) bond motifs is 1. The molecule has 1 aliphatic heterocycles. The van der Waals surface area contributed by atoms with Crippen LogP contribution in [0, 0.1) is 0 Å². The molecular weight excluding hydrogens is 366 g/mol. The van der Waals surface area contributed by atoms with Gasteiger partial charge in [0.05, 0.1) is 18.2 Å². The highest BCUT2D eigenvalue weighted by molar-refractivity contribution is 6.21. The summed E-state index contributed by atoms with van der Waals surface area (Å²) in [5.41, 5.74) is 2.96. The maximum atomic E-state index is 12.9. The van der Waals surface area contributed by atoms with Crippen LogP contribution in [0.5, 0.6) is 0 Å². The number of aromatic nitrogens is 1. The Bertz CT molecular complexity index is 1020. The Morgan fingerprint density at radius 2 is 1.72 bits per heavy atom. The molecule has 2 heterocycles. The van der Waals surface area contributed by atoms with E-state index in [0.717, 1.165) is 29.5 Å². The van der Waals surface area contributed by atoms with Gasteiger partial charge in [0.25, 0.3) is 5.91 Å². The highest BCUT2D eigenvalue weighted by atomic mass is 16.3. The van der Waals surface area contributed by atoms with E-state index < -0.39 is 0 Å². The lowest BCUT2D eigenvalue weighted by Crippen LogP contribution is -2.96. The highest BCUT2D eigenvalue weighted by Gasteiger charge is 2.43. The van der Waals surface area contributed by atoms with Crippen molar-refractivity contribution in [3.8, 4) is 11.5 Å². The summed E-state index contributed by atoms with van der Waals surface area (Å²) in [6, 6.07) is 15.1. The van der Waals surface area contributed by atoms with Crippen molar-refractivity contribution in [2.24, 2.45) is 0 Å². The molecule has 5 rings (SSSR count). The first-order valence-corrected chi connectivity index (χ1v) is 10.4. The average Bonchev–Trinajstić information content (AvgIpc) is 3.30. The Kier molecular flexibility index (Phi) is 4.64. The number of nitrogens with zero attached hydrogens (tertiary/aromatic N) is 2. The number of amides is 2. The van der Waals surface area contributed by atoms with E-state index in [1.54, 1.807) is 12.1 Å². The molecule has 2 amide bonds. The third kappa shape index (κ3) is 3.44. The molecule has 2 aliphatic rings. The SMILES string of the molecule is O=C1C[C@@H]([NH2+]C2CCCCC2)C(=O)N1c1ccc(-c2nc3ccccc3o2)cc1. The topological polar surface area (TPSA) is 80.0 Å². The van der Waals surface area contributed by atoms with Gasteiger partial charge in [-0.05, 0) is 62.1 Å². The van der Waals surface area contributed by atoms with Gasteiger partial charge in [-0.1, -0.05) is 18.6 Å². The standard InChI is InChI=1S/C23H23N3O3/c27-21-14-19(24-16-6-2-1-3-7-16)23(28)26(21)17-12-10-15(11-13-17)22-25-18-8-4-5-9-20(18)29-22/h4-5,8-13,16,19,24H,1-3,6-7,14H2/p+1/t19-/m1/s1. The third-order valence-corrected chi connectivity index (χ3v) is 6.00. The van der Waals surface area contributed by atoms with Gasteiger partial charge in [-0.3, -0.25) is 9.59 Å². The second-order valence-electron chi connectivity index (χ2n) is 8.00.